The molecule has 2 aromatic heterocycles. The zero-order valence-electron chi connectivity index (χ0n) is 13.4. The van der Waals surface area contributed by atoms with Gasteiger partial charge in [-0.3, -0.25) is 4.79 Å². The first-order valence-electron chi connectivity index (χ1n) is 7.90. The van der Waals surface area contributed by atoms with Crippen LogP contribution in [0, 0.1) is 0 Å². The quantitative estimate of drug-likeness (QED) is 0.853. The molecule has 23 heavy (non-hydrogen) atoms. The van der Waals surface area contributed by atoms with Crippen molar-refractivity contribution < 1.29 is 4.79 Å². The van der Waals surface area contributed by atoms with E-state index in [0.29, 0.717) is 11.6 Å². The smallest absolute Gasteiger partial charge is 0.254 e. The molecule has 1 fully saturated rings. The van der Waals surface area contributed by atoms with Gasteiger partial charge in [-0.25, -0.2) is 4.98 Å². The van der Waals surface area contributed by atoms with Crippen molar-refractivity contribution in [2.24, 2.45) is 0 Å². The molecule has 1 atom stereocenters. The lowest BCUT2D eigenvalue weighted by Gasteiger charge is -2.19. The second kappa shape index (κ2) is 7.12. The van der Waals surface area contributed by atoms with Crippen LogP contribution < -0.4 is 5.32 Å². The fraction of sp³-hybridized carbons (Fsp3) is 0.500. The highest BCUT2D eigenvalue weighted by Gasteiger charge is 2.24. The molecule has 1 N–H and O–H groups in total. The van der Waals surface area contributed by atoms with Crippen LogP contribution in [-0.4, -0.2) is 31.9 Å². The molecule has 1 amide bonds. The molecule has 0 spiro atoms. The lowest BCUT2D eigenvalue weighted by atomic mass is 10.2. The summed E-state index contributed by atoms with van der Waals surface area (Å²) in [5, 5.41) is 12.0. The van der Waals surface area contributed by atoms with E-state index >= 15 is 0 Å². The lowest BCUT2D eigenvalue weighted by molar-refractivity contribution is 0.0933. The van der Waals surface area contributed by atoms with E-state index in [9.17, 15) is 4.79 Å². The average Bonchev–Trinajstić information content (AvgIpc) is 3.25. The first-order valence-corrected chi connectivity index (χ1v) is 9.12. The maximum Gasteiger partial charge on any atom is 0.254 e. The van der Waals surface area contributed by atoms with Gasteiger partial charge in [0.2, 0.25) is 0 Å². The molecule has 2 heterocycles. The molecule has 3 rings (SSSR count). The lowest BCUT2D eigenvalue weighted by Crippen LogP contribution is -2.29. The average molecular weight is 331 g/mol. The third kappa shape index (κ3) is 3.39. The minimum Gasteiger partial charge on any atom is -0.342 e. The van der Waals surface area contributed by atoms with Crippen LogP contribution in [0.5, 0.6) is 0 Å². The number of aromatic nitrogens is 4. The number of nitrogens with zero attached hydrogens (tertiary/aromatic N) is 4. The van der Waals surface area contributed by atoms with Gasteiger partial charge in [-0.05, 0) is 38.2 Å². The number of hydrogen-bond acceptors (Lipinski definition) is 5. The fourth-order valence-corrected chi connectivity index (χ4v) is 3.64. The van der Waals surface area contributed by atoms with Crippen molar-refractivity contribution >= 4 is 17.7 Å². The van der Waals surface area contributed by atoms with E-state index in [4.69, 9.17) is 0 Å². The van der Waals surface area contributed by atoms with Crippen LogP contribution in [0.2, 0.25) is 0 Å². The Labute approximate surface area is 140 Å². The van der Waals surface area contributed by atoms with E-state index in [-0.39, 0.29) is 11.9 Å². The van der Waals surface area contributed by atoms with E-state index < -0.39 is 0 Å². The number of carbonyl (C=O) groups excluding carboxylic acids is 1. The van der Waals surface area contributed by atoms with Gasteiger partial charge in [0.25, 0.3) is 5.91 Å². The van der Waals surface area contributed by atoms with Crippen molar-refractivity contribution in [3.8, 4) is 0 Å². The number of hydrogen-bond donors (Lipinski definition) is 1. The molecule has 0 unspecified atom stereocenters. The minimum atomic E-state index is -0.194. The Morgan fingerprint density at radius 1 is 1.43 bits per heavy atom. The van der Waals surface area contributed by atoms with Gasteiger partial charge in [-0.15, -0.1) is 22.0 Å². The molecular formula is C16H21N5OS. The Morgan fingerprint density at radius 3 is 2.96 bits per heavy atom. The predicted molar refractivity (Wildman–Crippen MR) is 89.4 cm³/mol. The van der Waals surface area contributed by atoms with E-state index in [2.05, 4.69) is 25.1 Å². The number of amides is 1. The molecule has 0 radical (unpaired) electrons. The molecule has 7 heteroatoms. The standard InChI is InChI=1S/C16H21N5OS/c1-11(14-20-18-10-21(14)12-6-3-4-7-12)19-15(22)13-8-5-9-17-16(13)23-2/h5,8-12H,3-4,6-7H2,1-2H3,(H,19,22)/t11-/m1/s1. The molecule has 0 saturated heterocycles. The van der Waals surface area contributed by atoms with Gasteiger partial charge in [-0.1, -0.05) is 12.8 Å². The van der Waals surface area contributed by atoms with E-state index in [1.165, 1.54) is 24.6 Å². The van der Waals surface area contributed by atoms with Gasteiger partial charge >= 0.3 is 0 Å². The van der Waals surface area contributed by atoms with Crippen molar-refractivity contribution in [2.45, 2.75) is 49.7 Å². The Bertz CT molecular complexity index is 681. The van der Waals surface area contributed by atoms with Crippen LogP contribution in [0.4, 0.5) is 0 Å². The minimum absolute atomic E-state index is 0.129. The van der Waals surface area contributed by atoms with Gasteiger partial charge in [0.05, 0.1) is 11.6 Å². The number of thioether (sulfide) groups is 1. The van der Waals surface area contributed by atoms with Crippen LogP contribution in [-0.2, 0) is 0 Å². The van der Waals surface area contributed by atoms with Crippen LogP contribution in [0.25, 0.3) is 0 Å². The largest absolute Gasteiger partial charge is 0.342 e. The summed E-state index contributed by atoms with van der Waals surface area (Å²) in [7, 11) is 0. The van der Waals surface area contributed by atoms with Gasteiger partial charge < -0.3 is 9.88 Å². The number of rotatable bonds is 5. The van der Waals surface area contributed by atoms with Crippen molar-refractivity contribution in [3.63, 3.8) is 0 Å². The summed E-state index contributed by atoms with van der Waals surface area (Å²) >= 11 is 1.47. The maximum atomic E-state index is 12.5. The SMILES string of the molecule is CSc1ncccc1C(=O)N[C@H](C)c1nncn1C1CCCC1. The highest BCUT2D eigenvalue weighted by Crippen LogP contribution is 2.31. The summed E-state index contributed by atoms with van der Waals surface area (Å²) in [6, 6.07) is 3.84. The zero-order valence-corrected chi connectivity index (χ0v) is 14.2. The molecular weight excluding hydrogens is 310 g/mol. The summed E-state index contributed by atoms with van der Waals surface area (Å²) in [6.45, 7) is 1.95. The van der Waals surface area contributed by atoms with Crippen molar-refractivity contribution in [3.05, 3.63) is 36.0 Å². The molecule has 1 saturated carbocycles. The third-order valence-corrected chi connectivity index (χ3v) is 4.97. The summed E-state index contributed by atoms with van der Waals surface area (Å²) in [5.41, 5.74) is 0.596. The van der Waals surface area contributed by atoms with Crippen molar-refractivity contribution in [1.82, 2.24) is 25.1 Å². The van der Waals surface area contributed by atoms with Crippen LogP contribution >= 0.6 is 11.8 Å². The summed E-state index contributed by atoms with van der Waals surface area (Å²) in [4.78, 5) is 16.8. The molecule has 122 valence electrons. The third-order valence-electron chi connectivity index (χ3n) is 4.26. The van der Waals surface area contributed by atoms with Crippen LogP contribution in [0.3, 0.4) is 0 Å². The first-order chi connectivity index (χ1) is 11.2. The molecule has 6 nitrogen and oxygen atoms in total. The van der Waals surface area contributed by atoms with E-state index in [1.807, 2.05) is 13.2 Å². The van der Waals surface area contributed by atoms with Gasteiger partial charge in [0, 0.05) is 12.2 Å². The summed E-state index contributed by atoms with van der Waals surface area (Å²) < 4.78 is 2.12. The first kappa shape index (κ1) is 16.0. The predicted octanol–water partition coefficient (Wildman–Crippen LogP) is 3.00. The fourth-order valence-electron chi connectivity index (χ4n) is 3.09. The highest BCUT2D eigenvalue weighted by atomic mass is 32.2. The van der Waals surface area contributed by atoms with Gasteiger partial charge in [-0.2, -0.15) is 0 Å². The second-order valence-electron chi connectivity index (χ2n) is 5.79. The van der Waals surface area contributed by atoms with Gasteiger partial charge in [0.15, 0.2) is 5.82 Å². The highest BCUT2D eigenvalue weighted by molar-refractivity contribution is 7.98. The molecule has 0 aliphatic heterocycles. The van der Waals surface area contributed by atoms with E-state index in [1.54, 1.807) is 24.7 Å². The molecule has 0 aromatic carbocycles. The maximum absolute atomic E-state index is 12.5. The number of carbonyl (C=O) groups is 1. The molecule has 2 aromatic rings. The van der Waals surface area contributed by atoms with Crippen molar-refractivity contribution in [1.29, 1.82) is 0 Å². The molecule has 1 aliphatic rings. The Hall–Kier alpha value is -1.89. The topological polar surface area (TPSA) is 72.7 Å². The monoisotopic (exact) mass is 331 g/mol. The van der Waals surface area contributed by atoms with Gasteiger partial charge in [0.1, 0.15) is 11.4 Å². The van der Waals surface area contributed by atoms with Crippen LogP contribution in [0.15, 0.2) is 29.7 Å². The zero-order chi connectivity index (χ0) is 16.2. The molecule has 1 aliphatic carbocycles. The second-order valence-corrected chi connectivity index (χ2v) is 6.59. The number of pyridine rings is 1. The summed E-state index contributed by atoms with van der Waals surface area (Å²) in [5.74, 6) is 0.691. The molecule has 0 bridgehead atoms. The Morgan fingerprint density at radius 2 is 2.22 bits per heavy atom. The Balaban J connectivity index is 1.75. The Kier molecular flexibility index (Phi) is 4.95. The normalized spacial score (nSPS) is 16.4. The number of nitrogens with one attached hydrogen (secondary N) is 1. The summed E-state index contributed by atoms with van der Waals surface area (Å²) in [6.07, 6.45) is 10.2. The van der Waals surface area contributed by atoms with Crippen molar-refractivity contribution in [2.75, 3.05) is 6.26 Å². The van der Waals surface area contributed by atoms with Crippen LogP contribution in [0.1, 0.15) is 60.9 Å². The van der Waals surface area contributed by atoms with E-state index in [0.717, 1.165) is 23.7 Å².